The lowest BCUT2D eigenvalue weighted by Crippen LogP contribution is -2.42. The molecule has 1 heterocycles. The number of amides is 2. The fourth-order valence-corrected chi connectivity index (χ4v) is 1.64. The summed E-state index contributed by atoms with van der Waals surface area (Å²) in [6.45, 7) is 8.84. The molecule has 1 unspecified atom stereocenters. The van der Waals surface area contributed by atoms with Crippen LogP contribution in [0.15, 0.2) is 0 Å². The fraction of sp³-hybridized carbons (Fsp3) is 0.846. The van der Waals surface area contributed by atoms with Crippen molar-refractivity contribution in [2.75, 3.05) is 26.9 Å². The van der Waals surface area contributed by atoms with Crippen molar-refractivity contribution in [2.45, 2.75) is 45.8 Å². The first-order chi connectivity index (χ1) is 8.70. The Labute approximate surface area is 114 Å². The van der Waals surface area contributed by atoms with Gasteiger partial charge in [-0.25, -0.2) is 4.79 Å². The average molecular weight is 272 g/mol. The van der Waals surface area contributed by atoms with Crippen molar-refractivity contribution in [1.29, 1.82) is 0 Å². The van der Waals surface area contributed by atoms with E-state index in [4.69, 9.17) is 9.47 Å². The molecule has 1 saturated heterocycles. The third kappa shape index (κ3) is 5.06. The van der Waals surface area contributed by atoms with Crippen molar-refractivity contribution >= 4 is 12.0 Å². The van der Waals surface area contributed by atoms with E-state index in [0.29, 0.717) is 19.9 Å². The van der Waals surface area contributed by atoms with Gasteiger partial charge in [-0.15, -0.1) is 0 Å². The van der Waals surface area contributed by atoms with Gasteiger partial charge in [-0.2, -0.15) is 0 Å². The minimum atomic E-state index is -0.530. The lowest BCUT2D eigenvalue weighted by Gasteiger charge is -2.29. The smallest absolute Gasteiger partial charge is 0.410 e. The average Bonchev–Trinajstić information content (AvgIpc) is 2.78. The van der Waals surface area contributed by atoms with Gasteiger partial charge in [0.15, 0.2) is 0 Å². The highest BCUT2D eigenvalue weighted by Gasteiger charge is 2.26. The summed E-state index contributed by atoms with van der Waals surface area (Å²) in [5.74, 6) is 0.000378. The van der Waals surface area contributed by atoms with Crippen LogP contribution in [0.3, 0.4) is 0 Å². The molecule has 0 N–H and O–H groups in total. The fourth-order valence-electron chi connectivity index (χ4n) is 1.64. The van der Waals surface area contributed by atoms with E-state index in [9.17, 15) is 9.59 Å². The molecule has 0 bridgehead atoms. The maximum Gasteiger partial charge on any atom is 0.410 e. The molecule has 1 atom stereocenters. The van der Waals surface area contributed by atoms with Gasteiger partial charge in [0, 0.05) is 26.1 Å². The zero-order valence-corrected chi connectivity index (χ0v) is 12.4. The minimum Gasteiger partial charge on any atom is -0.444 e. The number of nitrogens with zero attached hydrogens (tertiary/aromatic N) is 2. The standard InChI is InChI=1S/C13H24N2O4/c1-10(8-11(16)15-6-7-18-9-15)14(5)12(17)19-13(2,3)4/h10H,6-9H2,1-5H3. The van der Waals surface area contributed by atoms with Crippen molar-refractivity contribution in [3.63, 3.8) is 0 Å². The van der Waals surface area contributed by atoms with E-state index in [2.05, 4.69) is 0 Å². The Balaban J connectivity index is 2.45. The van der Waals surface area contributed by atoms with Gasteiger partial charge in [0.1, 0.15) is 12.3 Å². The Kier molecular flexibility index (Phi) is 5.17. The van der Waals surface area contributed by atoms with E-state index in [-0.39, 0.29) is 18.4 Å². The monoisotopic (exact) mass is 272 g/mol. The van der Waals surface area contributed by atoms with Crippen molar-refractivity contribution in [3.05, 3.63) is 0 Å². The van der Waals surface area contributed by atoms with Crippen molar-refractivity contribution in [1.82, 2.24) is 9.80 Å². The minimum absolute atomic E-state index is 0.000378. The van der Waals surface area contributed by atoms with Gasteiger partial charge < -0.3 is 19.3 Å². The molecular formula is C13H24N2O4. The predicted molar refractivity (Wildman–Crippen MR) is 70.6 cm³/mol. The van der Waals surface area contributed by atoms with Crippen molar-refractivity contribution in [2.24, 2.45) is 0 Å². The lowest BCUT2D eigenvalue weighted by atomic mass is 10.2. The highest BCUT2D eigenvalue weighted by Crippen LogP contribution is 2.13. The number of hydrogen-bond acceptors (Lipinski definition) is 4. The molecule has 1 fully saturated rings. The molecular weight excluding hydrogens is 248 g/mol. The maximum absolute atomic E-state index is 11.9. The summed E-state index contributed by atoms with van der Waals surface area (Å²) in [4.78, 5) is 26.9. The van der Waals surface area contributed by atoms with Gasteiger partial charge >= 0.3 is 6.09 Å². The van der Waals surface area contributed by atoms with Crippen LogP contribution in [-0.2, 0) is 14.3 Å². The van der Waals surface area contributed by atoms with Crippen LogP contribution in [0.5, 0.6) is 0 Å². The molecule has 2 amide bonds. The first-order valence-corrected chi connectivity index (χ1v) is 6.52. The van der Waals surface area contributed by atoms with Crippen LogP contribution in [0.4, 0.5) is 4.79 Å². The van der Waals surface area contributed by atoms with Crippen molar-refractivity contribution < 1.29 is 19.1 Å². The third-order valence-electron chi connectivity index (χ3n) is 2.92. The summed E-state index contributed by atoms with van der Waals surface area (Å²) in [6.07, 6.45) is -0.135. The highest BCUT2D eigenvalue weighted by atomic mass is 16.6. The molecule has 0 spiro atoms. The second kappa shape index (κ2) is 6.23. The number of rotatable bonds is 3. The van der Waals surface area contributed by atoms with Crippen LogP contribution >= 0.6 is 0 Å². The van der Waals surface area contributed by atoms with Crippen LogP contribution in [-0.4, -0.2) is 60.4 Å². The summed E-state index contributed by atoms with van der Waals surface area (Å²) in [7, 11) is 1.65. The lowest BCUT2D eigenvalue weighted by molar-refractivity contribution is -0.132. The number of ether oxygens (including phenoxy) is 2. The zero-order chi connectivity index (χ0) is 14.6. The first-order valence-electron chi connectivity index (χ1n) is 6.52. The van der Waals surface area contributed by atoms with Gasteiger partial charge in [-0.1, -0.05) is 0 Å². The summed E-state index contributed by atoms with van der Waals surface area (Å²) in [5, 5.41) is 0. The molecule has 6 nitrogen and oxygen atoms in total. The largest absolute Gasteiger partial charge is 0.444 e. The zero-order valence-electron chi connectivity index (χ0n) is 12.4. The number of hydrogen-bond donors (Lipinski definition) is 0. The Morgan fingerprint density at radius 3 is 2.53 bits per heavy atom. The van der Waals surface area contributed by atoms with Crippen molar-refractivity contribution in [3.8, 4) is 0 Å². The predicted octanol–water partition coefficient (Wildman–Crippen LogP) is 1.45. The molecule has 1 aliphatic heterocycles. The molecule has 1 aliphatic rings. The van der Waals surface area contributed by atoms with Gasteiger partial charge in [-0.3, -0.25) is 4.79 Å². The second-order valence-corrected chi connectivity index (χ2v) is 5.84. The number of carbonyl (C=O) groups excluding carboxylic acids is 2. The molecule has 110 valence electrons. The first kappa shape index (κ1) is 15.8. The van der Waals surface area contributed by atoms with Gasteiger partial charge in [-0.05, 0) is 27.7 Å². The molecule has 0 aromatic carbocycles. The Morgan fingerprint density at radius 2 is 2.05 bits per heavy atom. The summed E-state index contributed by atoms with van der Waals surface area (Å²) in [6, 6.07) is -0.206. The quantitative estimate of drug-likeness (QED) is 0.780. The van der Waals surface area contributed by atoms with Gasteiger partial charge in [0.25, 0.3) is 0 Å². The third-order valence-corrected chi connectivity index (χ3v) is 2.92. The van der Waals surface area contributed by atoms with Gasteiger partial charge in [0.2, 0.25) is 5.91 Å². The molecule has 1 rings (SSSR count). The molecule has 6 heteroatoms. The van der Waals surface area contributed by atoms with Crippen LogP contribution in [0, 0.1) is 0 Å². The van der Waals surface area contributed by atoms with E-state index < -0.39 is 11.7 Å². The SMILES string of the molecule is CC(CC(=O)N1CCOC1)N(C)C(=O)OC(C)(C)C. The summed E-state index contributed by atoms with van der Waals surface area (Å²) in [5.41, 5.74) is -0.530. The van der Waals surface area contributed by atoms with E-state index in [1.54, 1.807) is 11.9 Å². The van der Waals surface area contributed by atoms with E-state index in [1.807, 2.05) is 27.7 Å². The second-order valence-electron chi connectivity index (χ2n) is 5.84. The Bertz CT molecular complexity index is 332. The normalized spacial score (nSPS) is 17.2. The molecule has 19 heavy (non-hydrogen) atoms. The Hall–Kier alpha value is -1.30. The number of carbonyl (C=O) groups is 2. The highest BCUT2D eigenvalue weighted by molar-refractivity contribution is 5.78. The molecule has 0 saturated carbocycles. The maximum atomic E-state index is 11.9. The van der Waals surface area contributed by atoms with Crippen LogP contribution < -0.4 is 0 Å². The topological polar surface area (TPSA) is 59.1 Å². The Morgan fingerprint density at radius 1 is 1.42 bits per heavy atom. The van der Waals surface area contributed by atoms with Crippen LogP contribution in [0.2, 0.25) is 0 Å². The van der Waals surface area contributed by atoms with E-state index in [1.165, 1.54) is 4.90 Å². The molecule has 0 aliphatic carbocycles. The van der Waals surface area contributed by atoms with Gasteiger partial charge in [0.05, 0.1) is 6.61 Å². The van der Waals surface area contributed by atoms with Crippen LogP contribution in [0.25, 0.3) is 0 Å². The van der Waals surface area contributed by atoms with E-state index >= 15 is 0 Å². The summed E-state index contributed by atoms with van der Waals surface area (Å²) < 4.78 is 10.4. The molecule has 0 aromatic rings. The summed E-state index contributed by atoms with van der Waals surface area (Å²) >= 11 is 0. The molecule has 0 aromatic heterocycles. The van der Waals surface area contributed by atoms with E-state index in [0.717, 1.165) is 0 Å². The molecule has 0 radical (unpaired) electrons. The van der Waals surface area contributed by atoms with Crippen LogP contribution in [0.1, 0.15) is 34.1 Å².